The van der Waals surface area contributed by atoms with E-state index in [0.29, 0.717) is 168 Å². The predicted molar refractivity (Wildman–Crippen MR) is 530 cm³/mol. The van der Waals surface area contributed by atoms with E-state index in [1.807, 2.05) is 26.8 Å². The molecule has 12 N–H and O–H groups in total. The minimum atomic E-state index is -2.04. The highest BCUT2D eigenvalue weighted by Crippen LogP contribution is 2.34. The maximum Gasteiger partial charge on any atom is 0.411 e. The number of ether oxygens (including phenoxy) is 18. The molecule has 0 saturated carbocycles. The number of unbranched alkanes of at least 4 members (excludes halogenated alkanes) is 1. The lowest BCUT2D eigenvalue weighted by Gasteiger charge is -2.41. The van der Waals surface area contributed by atoms with Gasteiger partial charge in [-0.15, -0.1) is 0 Å². The number of likely N-dealkylation sites (tertiary alicyclic amines) is 1. The molecule has 147 heavy (non-hydrogen) atoms. The second-order valence-corrected chi connectivity index (χ2v) is 37.2. The molecule has 5 unspecified atom stereocenters. The first-order chi connectivity index (χ1) is 70.2. The van der Waals surface area contributed by atoms with Crippen molar-refractivity contribution in [2.75, 3.05) is 212 Å². The number of aliphatic carboxylic acids is 1. The number of likely N-dealkylation sites (N-methyl/N-ethyl adjacent to an activating group) is 2. The lowest BCUT2D eigenvalue weighted by atomic mass is 9.89. The van der Waals surface area contributed by atoms with Gasteiger partial charge in [-0.05, 0) is 107 Å². The van der Waals surface area contributed by atoms with Crippen molar-refractivity contribution in [1.29, 1.82) is 0 Å². The first-order valence-corrected chi connectivity index (χ1v) is 50.4. The van der Waals surface area contributed by atoms with E-state index in [1.54, 1.807) is 98.5 Å². The summed E-state index contributed by atoms with van der Waals surface area (Å²) in [4.78, 5) is 179. The zero-order valence-corrected chi connectivity index (χ0v) is 88.1. The van der Waals surface area contributed by atoms with E-state index in [-0.39, 0.29) is 113 Å². The third-order valence-corrected chi connectivity index (χ3v) is 24.2. The molecule has 0 aliphatic carbocycles. The zero-order valence-electron chi connectivity index (χ0n) is 88.1. The Morgan fingerprint density at radius 3 is 1.61 bits per heavy atom. The first-order valence-electron chi connectivity index (χ1n) is 50.4. The summed E-state index contributed by atoms with van der Waals surface area (Å²) in [7, 11) is 5.92. The number of aliphatic hydroxyl groups is 4. The van der Waals surface area contributed by atoms with Crippen molar-refractivity contribution in [3.05, 3.63) is 71.8 Å². The summed E-state index contributed by atoms with van der Waals surface area (Å²) in [5.41, 5.74) is -0.168. The van der Waals surface area contributed by atoms with E-state index in [4.69, 9.17) is 85.3 Å². The van der Waals surface area contributed by atoms with Crippen LogP contribution >= 0.6 is 0 Å². The van der Waals surface area contributed by atoms with Gasteiger partial charge < -0.3 is 152 Å². The van der Waals surface area contributed by atoms with Gasteiger partial charge in [0, 0.05) is 66.5 Å². The van der Waals surface area contributed by atoms with Crippen LogP contribution in [-0.2, 0) is 135 Å². The molecule has 2 aromatic rings. The standard InChI is InChI=1S/C100H163N11O36/c1-17-34-102-91(121)71(105-92(122)74(111-78(113)31-32-79(111)114)62-103-97(127)147-100(10,11)12)27-22-23-35-101-77(112)33-37-132-38-39-133-40-41-134-42-43-135-44-45-136-46-47-137-48-49-138-50-51-139-52-53-140-54-55-141-56-57-142-58-59-143-98(128)106-72-60-69(29-30-75(72)145-96-87(119)85(117)86(118)89(146-96)95(125)126)63-144-99(129)109(14)82(65(5)6)93(123)107-81(64(3)4)94(124)108(13)83(66(7)18-2)76(130-15)61-80(115)110-36-24-28-73(110)88(131-16)67(8)90(120)104-68(9)84(116)70-25-20-19-21-26-70/h19-21,25-26,29-32,60,64-68,71,73-74,76,81-89,96,116-119H,17-18,22-24,27-28,33-59,61-63H2,1-16H3,(H,101,112)(H,102,121)(H,103,127)(H,104,120)(H,105,122)(H,106,128)(H,107,123)(H,125,126)/t66-,67+,68+,71-,73-,74-,76+,81-,82-,83-,84+,85?,86?,87?,88+,89?,96?/m0/s1. The number of carboxylic acid groups (broad SMARTS) is 1. The fourth-order valence-corrected chi connectivity index (χ4v) is 16.1. The number of nitrogens with one attached hydrogen (secondary N) is 7. The molecule has 47 heteroatoms. The fraction of sp³-hybridized carbons (Fsp3) is 0.730. The minimum absolute atomic E-state index is 0.0681. The summed E-state index contributed by atoms with van der Waals surface area (Å²) in [5.74, 6) is -8.74. The maximum absolute atomic E-state index is 15.0. The SMILES string of the molecule is CCCNC(=O)[C@H](CCCCNC(=O)CCOCCOCCOCCOCCOCCOCCOCCOCCOCCOCCOCCOC(=O)Nc1cc(COC(=O)N(C)[C@H](C(=O)N[C@H](C(=O)N(C)[C@@H]([C@@H](C)CC)[C@@H](CC(=O)N2CCC[C@H]2[C@H](OC)[C@@H](C)C(=O)N[C@H](C)[C@@H](O)c2ccccc2)OC)C(C)C)C(C)C)ccc1OC1OC(C(=O)O)C(O)C(O)C1O)NC(=O)[C@H](CNC(=O)OC(C)(C)C)N1C(=O)C=CC1=O. The third-order valence-electron chi connectivity index (χ3n) is 24.2. The molecular weight excluding hydrogens is 1930 g/mol. The van der Waals surface area contributed by atoms with Crippen LogP contribution in [-0.4, -0.2) is 420 Å². The fourth-order valence-electron chi connectivity index (χ4n) is 16.1. The number of hydrogen-bond donors (Lipinski definition) is 12. The zero-order chi connectivity index (χ0) is 109. The summed E-state index contributed by atoms with van der Waals surface area (Å²) in [6, 6.07) is 6.29. The van der Waals surface area contributed by atoms with Crippen LogP contribution in [0.2, 0.25) is 0 Å². The lowest BCUT2D eigenvalue weighted by molar-refractivity contribution is -0.271. The van der Waals surface area contributed by atoms with Gasteiger partial charge in [0.2, 0.25) is 47.6 Å². The number of rotatable bonds is 75. The predicted octanol–water partition coefficient (Wildman–Crippen LogP) is 3.09. The molecule has 3 heterocycles. The van der Waals surface area contributed by atoms with Crippen LogP contribution < -0.4 is 42.0 Å². The molecule has 3 aliphatic heterocycles. The maximum atomic E-state index is 15.0. The molecule has 2 fully saturated rings. The van der Waals surface area contributed by atoms with Gasteiger partial charge in [0.15, 0.2) is 6.10 Å². The van der Waals surface area contributed by atoms with Gasteiger partial charge in [0.05, 0.1) is 206 Å². The number of carbonyl (C=O) groups is 13. The quantitative estimate of drug-likeness (QED) is 0.0257. The van der Waals surface area contributed by atoms with Crippen LogP contribution in [0.15, 0.2) is 60.7 Å². The molecule has 2 saturated heterocycles. The van der Waals surface area contributed by atoms with Crippen LogP contribution in [0, 0.1) is 23.7 Å². The Hall–Kier alpha value is -10.0. The number of nitrogens with zero attached hydrogens (tertiary/aromatic N) is 4. The Kier molecular flexibility index (Phi) is 60.8. The molecule has 0 bridgehead atoms. The van der Waals surface area contributed by atoms with E-state index < -0.39 is 188 Å². The van der Waals surface area contributed by atoms with E-state index >= 15 is 0 Å². The van der Waals surface area contributed by atoms with Crippen molar-refractivity contribution in [3.8, 4) is 5.75 Å². The third kappa shape index (κ3) is 46.1. The minimum Gasteiger partial charge on any atom is -0.479 e. The molecule has 834 valence electrons. The molecular formula is C100H163N11O36. The number of amides is 12. The van der Waals surface area contributed by atoms with Gasteiger partial charge in [0.25, 0.3) is 11.8 Å². The van der Waals surface area contributed by atoms with Gasteiger partial charge in [-0.2, -0.15) is 0 Å². The number of carbonyl (C=O) groups excluding carboxylic acids is 12. The summed E-state index contributed by atoms with van der Waals surface area (Å²) in [6.07, 6.45) is -9.90. The Morgan fingerprint density at radius 2 is 1.11 bits per heavy atom. The first kappa shape index (κ1) is 127. The Labute approximate surface area is 861 Å². The Balaban J connectivity index is 0.901. The van der Waals surface area contributed by atoms with Gasteiger partial charge in [-0.1, -0.05) is 98.2 Å². The molecule has 0 spiro atoms. The van der Waals surface area contributed by atoms with E-state index in [9.17, 15) is 87.9 Å². The van der Waals surface area contributed by atoms with Crippen molar-refractivity contribution in [2.45, 2.75) is 244 Å². The molecule has 47 nitrogen and oxygen atoms in total. The van der Waals surface area contributed by atoms with Crippen molar-refractivity contribution < 1.29 is 173 Å². The second kappa shape index (κ2) is 70.1. The lowest BCUT2D eigenvalue weighted by Crippen LogP contribution is -2.61. The van der Waals surface area contributed by atoms with Crippen molar-refractivity contribution in [3.63, 3.8) is 0 Å². The summed E-state index contributed by atoms with van der Waals surface area (Å²) < 4.78 is 101. The average Bonchev–Trinajstić information content (AvgIpc) is 1.57. The van der Waals surface area contributed by atoms with E-state index in [1.165, 1.54) is 44.4 Å². The highest BCUT2D eigenvalue weighted by molar-refractivity contribution is 6.15. The monoisotopic (exact) mass is 2090 g/mol. The van der Waals surface area contributed by atoms with Gasteiger partial charge in [-0.3, -0.25) is 58.3 Å². The highest BCUT2D eigenvalue weighted by Gasteiger charge is 2.50. The molecule has 0 aromatic heterocycles. The normalized spacial score (nSPS) is 18.5. The summed E-state index contributed by atoms with van der Waals surface area (Å²) in [6.45, 7) is 27.4. The number of alkyl carbamates (subject to hydrolysis) is 1. The van der Waals surface area contributed by atoms with E-state index in [2.05, 4.69) is 37.2 Å². The number of anilines is 1. The molecule has 3 aliphatic rings. The van der Waals surface area contributed by atoms with Crippen molar-refractivity contribution >= 4 is 83.1 Å². The summed E-state index contributed by atoms with van der Waals surface area (Å²) >= 11 is 0. The number of aliphatic hydroxyl groups excluding tert-OH is 4. The topological polar surface area (TPSA) is 586 Å². The number of benzene rings is 2. The van der Waals surface area contributed by atoms with Crippen LogP contribution in [0.1, 0.15) is 158 Å². The smallest absolute Gasteiger partial charge is 0.411 e. The average molecular weight is 2100 g/mol. The van der Waals surface area contributed by atoms with Crippen LogP contribution in [0.5, 0.6) is 5.75 Å². The van der Waals surface area contributed by atoms with Crippen LogP contribution in [0.4, 0.5) is 20.1 Å². The van der Waals surface area contributed by atoms with Gasteiger partial charge in [-0.25, -0.2) is 19.2 Å². The summed E-state index contributed by atoms with van der Waals surface area (Å²) in [5, 5.41) is 71.4. The Morgan fingerprint density at radius 1 is 0.571 bits per heavy atom. The van der Waals surface area contributed by atoms with Crippen molar-refractivity contribution in [1.82, 2.24) is 51.5 Å². The van der Waals surface area contributed by atoms with Gasteiger partial charge >= 0.3 is 24.2 Å². The highest BCUT2D eigenvalue weighted by atomic mass is 16.7. The van der Waals surface area contributed by atoms with Crippen LogP contribution in [0.25, 0.3) is 0 Å². The van der Waals surface area contributed by atoms with E-state index in [0.717, 1.165) is 17.1 Å². The molecule has 0 radical (unpaired) electrons. The van der Waals surface area contributed by atoms with Gasteiger partial charge in [0.1, 0.15) is 67.0 Å². The molecule has 12 amide bonds. The number of carboxylic acids is 1. The number of methoxy groups -OCH3 is 2. The largest absolute Gasteiger partial charge is 0.479 e. The number of imide groups is 1. The molecule has 17 atom stereocenters. The van der Waals surface area contributed by atoms with Crippen LogP contribution in [0.3, 0.4) is 0 Å². The second-order valence-electron chi connectivity index (χ2n) is 37.2. The van der Waals surface area contributed by atoms with Crippen molar-refractivity contribution in [2.24, 2.45) is 23.7 Å². The Bertz CT molecular complexity index is 4270. The molecule has 5 rings (SSSR count). The molecule has 2 aromatic carbocycles. The number of hydrogen-bond acceptors (Lipinski definition) is 35.